The Morgan fingerprint density at radius 1 is 0.962 bits per heavy atom. The molecule has 3 nitrogen and oxygen atoms in total. The van der Waals surface area contributed by atoms with Crippen LogP contribution in [0.25, 0.3) is 27.7 Å². The molecule has 0 saturated carbocycles. The highest BCUT2D eigenvalue weighted by molar-refractivity contribution is 6.30. The van der Waals surface area contributed by atoms with Crippen molar-refractivity contribution in [3.63, 3.8) is 0 Å². The van der Waals surface area contributed by atoms with Crippen LogP contribution in [0.2, 0.25) is 5.02 Å². The number of hydrogen-bond donors (Lipinski definition) is 0. The van der Waals surface area contributed by atoms with Gasteiger partial charge < -0.3 is 0 Å². The summed E-state index contributed by atoms with van der Waals surface area (Å²) in [5.41, 5.74) is 2.24. The molecule has 0 radical (unpaired) electrons. The summed E-state index contributed by atoms with van der Waals surface area (Å²) in [5, 5.41) is 5.99. The zero-order valence-electron chi connectivity index (χ0n) is 13.9. The summed E-state index contributed by atoms with van der Waals surface area (Å²) in [5.74, 6) is -0.599. The molecule has 3 aromatic carbocycles. The second-order valence-electron chi connectivity index (χ2n) is 6.02. The van der Waals surface area contributed by atoms with Crippen molar-refractivity contribution in [3.8, 4) is 16.9 Å². The van der Waals surface area contributed by atoms with E-state index in [1.807, 2.05) is 43.3 Å². The van der Waals surface area contributed by atoms with Crippen molar-refractivity contribution in [2.75, 3.05) is 0 Å². The first-order chi connectivity index (χ1) is 12.6. The van der Waals surface area contributed by atoms with Crippen molar-refractivity contribution >= 4 is 22.4 Å². The third-order valence-electron chi connectivity index (χ3n) is 4.34. The van der Waals surface area contributed by atoms with Crippen LogP contribution in [-0.2, 0) is 0 Å². The third-order valence-corrected chi connectivity index (χ3v) is 4.58. The van der Waals surface area contributed by atoms with Crippen molar-refractivity contribution < 1.29 is 4.39 Å². The van der Waals surface area contributed by atoms with Gasteiger partial charge in [0, 0.05) is 16.0 Å². The van der Waals surface area contributed by atoms with E-state index in [1.54, 1.807) is 12.1 Å². The largest absolute Gasteiger partial charge is 0.279 e. The Morgan fingerprint density at radius 2 is 1.65 bits per heavy atom. The van der Waals surface area contributed by atoms with Gasteiger partial charge in [0.05, 0.1) is 11.1 Å². The Balaban J connectivity index is 2.12. The van der Waals surface area contributed by atoms with Crippen LogP contribution in [0, 0.1) is 12.7 Å². The molecule has 0 spiro atoms. The molecule has 128 valence electrons. The summed E-state index contributed by atoms with van der Waals surface area (Å²) in [6.07, 6.45) is 0. The van der Waals surface area contributed by atoms with Crippen LogP contribution in [0.4, 0.5) is 4.39 Å². The third kappa shape index (κ3) is 2.68. The molecule has 0 aliphatic heterocycles. The lowest BCUT2D eigenvalue weighted by molar-refractivity contribution is 0.607. The Hall–Kier alpha value is -2.98. The van der Waals surface area contributed by atoms with Gasteiger partial charge in [-0.05, 0) is 36.8 Å². The molecule has 0 atom stereocenters. The van der Waals surface area contributed by atoms with Crippen molar-refractivity contribution in [2.24, 2.45) is 0 Å². The van der Waals surface area contributed by atoms with Gasteiger partial charge in [-0.1, -0.05) is 54.1 Å². The van der Waals surface area contributed by atoms with Crippen molar-refractivity contribution in [2.45, 2.75) is 6.92 Å². The van der Waals surface area contributed by atoms with E-state index in [1.165, 1.54) is 18.2 Å². The summed E-state index contributed by atoms with van der Waals surface area (Å²) in [4.78, 5) is 12.9. The van der Waals surface area contributed by atoms with Crippen molar-refractivity contribution in [1.29, 1.82) is 0 Å². The van der Waals surface area contributed by atoms with Crippen LogP contribution in [0.5, 0.6) is 0 Å². The van der Waals surface area contributed by atoms with Gasteiger partial charge in [-0.15, -0.1) is 0 Å². The number of aromatic nitrogens is 2. The van der Waals surface area contributed by atoms with E-state index in [-0.39, 0.29) is 16.3 Å². The molecule has 0 fully saturated rings. The highest BCUT2D eigenvalue weighted by Gasteiger charge is 2.16. The average molecular weight is 365 g/mol. The SMILES string of the molecule is Cc1ccccc1-c1nn(-c2ccc(Cl)cc2F)c(=O)c2ccccc12. The van der Waals surface area contributed by atoms with Gasteiger partial charge in [0.25, 0.3) is 5.56 Å². The maximum atomic E-state index is 14.4. The molecule has 0 bridgehead atoms. The molecule has 1 heterocycles. The van der Waals surface area contributed by atoms with E-state index < -0.39 is 5.82 Å². The summed E-state index contributed by atoms with van der Waals surface area (Å²) < 4.78 is 15.6. The molecule has 26 heavy (non-hydrogen) atoms. The molecule has 0 unspecified atom stereocenters. The van der Waals surface area contributed by atoms with Crippen LogP contribution in [0.3, 0.4) is 0 Å². The lowest BCUT2D eigenvalue weighted by Gasteiger charge is -2.13. The number of benzene rings is 3. The standard InChI is InChI=1S/C21H14ClFN2O/c1-13-6-2-3-7-15(13)20-16-8-4-5-9-17(16)21(26)25(24-20)19-11-10-14(22)12-18(19)23/h2-12H,1H3. The molecule has 0 aliphatic rings. The number of halogens is 2. The molecule has 0 N–H and O–H groups in total. The van der Waals surface area contributed by atoms with Gasteiger partial charge in [0.15, 0.2) is 0 Å². The molecular weight excluding hydrogens is 351 g/mol. The van der Waals surface area contributed by atoms with E-state index in [0.29, 0.717) is 11.1 Å². The summed E-state index contributed by atoms with van der Waals surface area (Å²) >= 11 is 5.84. The maximum absolute atomic E-state index is 14.4. The van der Waals surface area contributed by atoms with E-state index in [2.05, 4.69) is 5.10 Å². The molecular formula is C21H14ClFN2O. The van der Waals surface area contributed by atoms with Crippen LogP contribution >= 0.6 is 11.6 Å². The Bertz CT molecular complexity index is 1200. The quantitative estimate of drug-likeness (QED) is 0.493. The normalized spacial score (nSPS) is 11.0. The minimum absolute atomic E-state index is 0.0694. The first kappa shape index (κ1) is 16.5. The second-order valence-corrected chi connectivity index (χ2v) is 6.46. The zero-order valence-corrected chi connectivity index (χ0v) is 14.7. The number of hydrogen-bond acceptors (Lipinski definition) is 2. The maximum Gasteiger partial charge on any atom is 0.279 e. The number of rotatable bonds is 2. The van der Waals surface area contributed by atoms with Crippen LogP contribution in [-0.4, -0.2) is 9.78 Å². The van der Waals surface area contributed by atoms with E-state index >= 15 is 0 Å². The Kier molecular flexibility index (Phi) is 4.05. The first-order valence-electron chi connectivity index (χ1n) is 8.10. The van der Waals surface area contributed by atoms with Crippen molar-refractivity contribution in [1.82, 2.24) is 9.78 Å². The zero-order chi connectivity index (χ0) is 18.3. The minimum atomic E-state index is -0.599. The topological polar surface area (TPSA) is 34.9 Å². The Labute approximate surface area is 154 Å². The predicted octanol–water partition coefficient (Wildman–Crippen LogP) is 5.15. The molecule has 4 rings (SSSR count). The van der Waals surface area contributed by atoms with Gasteiger partial charge in [0.1, 0.15) is 11.5 Å². The fraction of sp³-hybridized carbons (Fsp3) is 0.0476. The number of aryl methyl sites for hydroxylation is 1. The van der Waals surface area contributed by atoms with Gasteiger partial charge >= 0.3 is 0 Å². The first-order valence-corrected chi connectivity index (χ1v) is 8.47. The highest BCUT2D eigenvalue weighted by Crippen LogP contribution is 2.28. The highest BCUT2D eigenvalue weighted by atomic mass is 35.5. The lowest BCUT2D eigenvalue weighted by Crippen LogP contribution is -2.23. The fourth-order valence-corrected chi connectivity index (χ4v) is 3.20. The minimum Gasteiger partial charge on any atom is -0.267 e. The lowest BCUT2D eigenvalue weighted by atomic mass is 10.0. The summed E-state index contributed by atoms with van der Waals surface area (Å²) in [7, 11) is 0. The van der Waals surface area contributed by atoms with Crippen molar-refractivity contribution in [3.05, 3.63) is 93.5 Å². The summed E-state index contributed by atoms with van der Waals surface area (Å²) in [6.45, 7) is 1.98. The van der Waals surface area contributed by atoms with E-state index in [0.717, 1.165) is 21.2 Å². The predicted molar refractivity (Wildman–Crippen MR) is 102 cm³/mol. The van der Waals surface area contributed by atoms with Gasteiger partial charge in [-0.2, -0.15) is 9.78 Å². The molecule has 0 aliphatic carbocycles. The van der Waals surface area contributed by atoms with E-state index in [9.17, 15) is 9.18 Å². The molecule has 5 heteroatoms. The van der Waals surface area contributed by atoms with Gasteiger partial charge in [-0.25, -0.2) is 4.39 Å². The van der Waals surface area contributed by atoms with Gasteiger partial charge in [0.2, 0.25) is 0 Å². The smallest absolute Gasteiger partial charge is 0.267 e. The van der Waals surface area contributed by atoms with Crippen LogP contribution in [0.1, 0.15) is 5.56 Å². The number of nitrogens with zero attached hydrogens (tertiary/aromatic N) is 2. The monoisotopic (exact) mass is 364 g/mol. The average Bonchev–Trinajstić information content (AvgIpc) is 2.64. The Morgan fingerprint density at radius 3 is 2.38 bits per heavy atom. The fourth-order valence-electron chi connectivity index (χ4n) is 3.04. The second kappa shape index (κ2) is 6.39. The van der Waals surface area contributed by atoms with Gasteiger partial charge in [-0.3, -0.25) is 4.79 Å². The van der Waals surface area contributed by atoms with Crippen LogP contribution in [0.15, 0.2) is 71.5 Å². The molecule has 1 aromatic heterocycles. The van der Waals surface area contributed by atoms with Crippen LogP contribution < -0.4 is 5.56 Å². The molecule has 4 aromatic rings. The number of fused-ring (bicyclic) bond motifs is 1. The van der Waals surface area contributed by atoms with E-state index in [4.69, 9.17) is 11.6 Å². The summed E-state index contributed by atoms with van der Waals surface area (Å²) in [6, 6.07) is 19.2. The molecule has 0 amide bonds. The molecule has 0 saturated heterocycles.